The Morgan fingerprint density at radius 3 is 2.77 bits per heavy atom. The number of rotatable bonds is 9. The fraction of sp³-hybridized carbons (Fsp3) is 0.632. The summed E-state index contributed by atoms with van der Waals surface area (Å²) in [4.78, 5) is 36.4. The summed E-state index contributed by atoms with van der Waals surface area (Å²) in [6.45, 7) is 0.850. The second-order valence-electron chi connectivity index (χ2n) is 7.12. The molecule has 140 valence electrons. The van der Waals surface area contributed by atoms with Crippen molar-refractivity contribution in [1.29, 1.82) is 0 Å². The molecule has 1 atom stereocenters. The van der Waals surface area contributed by atoms with Gasteiger partial charge in [0.15, 0.2) is 11.5 Å². The number of fused-ring (bicyclic) bond motifs is 1. The molecule has 26 heavy (non-hydrogen) atoms. The van der Waals surface area contributed by atoms with Gasteiger partial charge in [0.05, 0.1) is 12.2 Å². The predicted molar refractivity (Wildman–Crippen MR) is 99.4 cm³/mol. The van der Waals surface area contributed by atoms with Crippen LogP contribution in [0.3, 0.4) is 0 Å². The molecule has 0 spiro atoms. The van der Waals surface area contributed by atoms with Gasteiger partial charge in [-0.3, -0.25) is 9.59 Å². The van der Waals surface area contributed by atoms with E-state index in [4.69, 9.17) is 5.73 Å². The predicted octanol–water partition coefficient (Wildman–Crippen LogP) is 3.08. The smallest absolute Gasteiger partial charge is 0.165 e. The zero-order chi connectivity index (χ0) is 18.4. The summed E-state index contributed by atoms with van der Waals surface area (Å²) in [5.74, 6) is 0.442. The van der Waals surface area contributed by atoms with Crippen LogP contribution < -0.4 is 5.73 Å². The number of hydrogen-bond donors (Lipinski definition) is 1. The normalized spacial score (nSPS) is 17.7. The third kappa shape index (κ3) is 4.45. The first-order valence-electron chi connectivity index (χ1n) is 9.63. The van der Waals surface area contributed by atoms with E-state index in [-0.39, 0.29) is 17.5 Å². The van der Waals surface area contributed by atoms with E-state index >= 15 is 0 Å². The molecule has 7 nitrogen and oxygen atoms in total. The van der Waals surface area contributed by atoms with Gasteiger partial charge >= 0.3 is 0 Å². The van der Waals surface area contributed by atoms with Gasteiger partial charge in [-0.05, 0) is 25.7 Å². The van der Waals surface area contributed by atoms with Gasteiger partial charge in [0.25, 0.3) is 0 Å². The van der Waals surface area contributed by atoms with Gasteiger partial charge in [-0.15, -0.1) is 0 Å². The second kappa shape index (κ2) is 8.87. The number of hydrogen-bond acceptors (Lipinski definition) is 6. The Balaban J connectivity index is 1.31. The molecule has 3 rings (SSSR count). The number of ketones is 2. The lowest BCUT2D eigenvalue weighted by atomic mass is 9.83. The minimum absolute atomic E-state index is 0.164. The molecule has 7 heteroatoms. The quantitative estimate of drug-likeness (QED) is 0.546. The third-order valence-corrected chi connectivity index (χ3v) is 5.20. The Bertz CT molecular complexity index is 770. The van der Waals surface area contributed by atoms with Crippen molar-refractivity contribution in [1.82, 2.24) is 19.5 Å². The second-order valence-corrected chi connectivity index (χ2v) is 7.12. The summed E-state index contributed by atoms with van der Waals surface area (Å²) < 4.78 is 2.01. The van der Waals surface area contributed by atoms with E-state index < -0.39 is 0 Å². The molecule has 2 heterocycles. The van der Waals surface area contributed by atoms with Gasteiger partial charge in [0.2, 0.25) is 0 Å². The average molecular weight is 357 g/mol. The molecule has 0 radical (unpaired) electrons. The summed E-state index contributed by atoms with van der Waals surface area (Å²) >= 11 is 0. The van der Waals surface area contributed by atoms with Gasteiger partial charge in [-0.2, -0.15) is 0 Å². The van der Waals surface area contributed by atoms with E-state index in [0.717, 1.165) is 63.6 Å². The van der Waals surface area contributed by atoms with E-state index in [1.165, 1.54) is 6.33 Å². The van der Waals surface area contributed by atoms with E-state index in [0.29, 0.717) is 24.2 Å². The van der Waals surface area contributed by atoms with Crippen molar-refractivity contribution >= 4 is 28.5 Å². The molecule has 2 aromatic heterocycles. The summed E-state index contributed by atoms with van der Waals surface area (Å²) in [6, 6.07) is 0. The number of nitrogen functional groups attached to an aromatic ring is 1. The van der Waals surface area contributed by atoms with E-state index in [1.807, 2.05) is 4.57 Å². The van der Waals surface area contributed by atoms with Gasteiger partial charge in [0, 0.05) is 19.4 Å². The Morgan fingerprint density at radius 2 is 1.92 bits per heavy atom. The lowest BCUT2D eigenvalue weighted by Crippen LogP contribution is -2.27. The molecular formula is C19H27N5O2. The summed E-state index contributed by atoms with van der Waals surface area (Å²) in [5.41, 5.74) is 7.22. The zero-order valence-corrected chi connectivity index (χ0v) is 15.2. The molecule has 0 saturated heterocycles. The number of unbranched alkanes of at least 4 members (excludes halogenated alkanes) is 4. The molecule has 0 aromatic carbocycles. The zero-order valence-electron chi connectivity index (χ0n) is 15.2. The molecule has 1 fully saturated rings. The molecular weight excluding hydrogens is 330 g/mol. The molecule has 1 aliphatic rings. The maximum Gasteiger partial charge on any atom is 0.165 e. The topological polar surface area (TPSA) is 104 Å². The first-order chi connectivity index (χ1) is 12.7. The van der Waals surface area contributed by atoms with E-state index in [9.17, 15) is 9.59 Å². The average Bonchev–Trinajstić information content (AvgIpc) is 3.05. The van der Waals surface area contributed by atoms with Crippen molar-refractivity contribution in [3.63, 3.8) is 0 Å². The number of Topliss-reactive ketones (excluding diaryl/α,β-unsaturated/α-hetero) is 2. The lowest BCUT2D eigenvalue weighted by molar-refractivity contribution is -0.134. The van der Waals surface area contributed by atoms with Crippen molar-refractivity contribution in [3.8, 4) is 0 Å². The van der Waals surface area contributed by atoms with Crippen molar-refractivity contribution in [3.05, 3.63) is 12.7 Å². The Kier molecular flexibility index (Phi) is 6.30. The van der Waals surface area contributed by atoms with Gasteiger partial charge in [0.1, 0.15) is 23.4 Å². The molecule has 0 aliphatic heterocycles. The fourth-order valence-electron chi connectivity index (χ4n) is 3.67. The monoisotopic (exact) mass is 357 g/mol. The number of imidazole rings is 1. The summed E-state index contributed by atoms with van der Waals surface area (Å²) in [5, 5.41) is 0. The molecule has 2 aromatic rings. The van der Waals surface area contributed by atoms with Crippen molar-refractivity contribution in [2.24, 2.45) is 5.92 Å². The number of aryl methyl sites for hydroxylation is 1. The number of carbonyl (C=O) groups excluding carboxylic acids is 2. The third-order valence-electron chi connectivity index (χ3n) is 5.20. The highest BCUT2D eigenvalue weighted by molar-refractivity contribution is 6.02. The summed E-state index contributed by atoms with van der Waals surface area (Å²) in [7, 11) is 0. The standard InChI is InChI=1S/C19H27N5O2/c20-18-17-19(22-12-21-18)24(13-23-17)11-7-3-1-2-4-9-15(25)14-8-5-6-10-16(14)26/h12-14H,1-11H2,(H2,20,21,22). The summed E-state index contributed by atoms with van der Waals surface area (Å²) in [6.07, 6.45) is 12.2. The first-order valence-corrected chi connectivity index (χ1v) is 9.63. The van der Waals surface area contributed by atoms with Crippen LogP contribution in [0.25, 0.3) is 11.2 Å². The molecule has 1 saturated carbocycles. The van der Waals surface area contributed by atoms with Crippen LogP contribution in [0.1, 0.15) is 64.2 Å². The fourth-order valence-corrected chi connectivity index (χ4v) is 3.67. The van der Waals surface area contributed by atoms with Crippen LogP contribution in [-0.2, 0) is 16.1 Å². The Hall–Kier alpha value is -2.31. The maximum absolute atomic E-state index is 12.2. The minimum Gasteiger partial charge on any atom is -0.382 e. The number of nitrogens with zero attached hydrogens (tertiary/aromatic N) is 4. The lowest BCUT2D eigenvalue weighted by Gasteiger charge is -2.19. The highest BCUT2D eigenvalue weighted by atomic mass is 16.1. The van der Waals surface area contributed by atoms with Crippen LogP contribution >= 0.6 is 0 Å². The van der Waals surface area contributed by atoms with Gasteiger partial charge in [-0.1, -0.05) is 25.7 Å². The molecule has 1 unspecified atom stereocenters. The maximum atomic E-state index is 12.2. The van der Waals surface area contributed by atoms with Crippen LogP contribution in [0.4, 0.5) is 5.82 Å². The molecule has 2 N–H and O–H groups in total. The van der Waals surface area contributed by atoms with Crippen LogP contribution in [0.5, 0.6) is 0 Å². The SMILES string of the molecule is Nc1ncnc2c1ncn2CCCCCCCC(=O)C1CCCCC1=O. The van der Waals surface area contributed by atoms with Crippen LogP contribution in [-0.4, -0.2) is 31.1 Å². The van der Waals surface area contributed by atoms with Crippen molar-refractivity contribution in [2.75, 3.05) is 5.73 Å². The number of nitrogens with two attached hydrogens (primary N) is 1. The highest BCUT2D eigenvalue weighted by Crippen LogP contribution is 2.23. The molecule has 1 aliphatic carbocycles. The van der Waals surface area contributed by atoms with Gasteiger partial charge in [-0.25, -0.2) is 15.0 Å². The minimum atomic E-state index is -0.298. The largest absolute Gasteiger partial charge is 0.382 e. The van der Waals surface area contributed by atoms with Gasteiger partial charge < -0.3 is 10.3 Å². The van der Waals surface area contributed by atoms with Crippen molar-refractivity contribution in [2.45, 2.75) is 70.8 Å². The Labute approximate surface area is 153 Å². The molecule has 0 amide bonds. The molecule has 0 bridgehead atoms. The highest BCUT2D eigenvalue weighted by Gasteiger charge is 2.27. The van der Waals surface area contributed by atoms with E-state index in [1.54, 1.807) is 6.33 Å². The van der Waals surface area contributed by atoms with Crippen LogP contribution in [0.2, 0.25) is 0 Å². The van der Waals surface area contributed by atoms with Crippen LogP contribution in [0, 0.1) is 5.92 Å². The Morgan fingerprint density at radius 1 is 1.12 bits per heavy atom. The van der Waals surface area contributed by atoms with Crippen molar-refractivity contribution < 1.29 is 9.59 Å². The number of anilines is 1. The number of carbonyl (C=O) groups is 2. The van der Waals surface area contributed by atoms with Crippen LogP contribution in [0.15, 0.2) is 12.7 Å². The first kappa shape index (κ1) is 18.5. The number of aromatic nitrogens is 4. The van der Waals surface area contributed by atoms with E-state index in [2.05, 4.69) is 15.0 Å².